The molecule has 0 amide bonds. The second kappa shape index (κ2) is 9.03. The van der Waals surface area contributed by atoms with Gasteiger partial charge >= 0.3 is 5.97 Å². The second-order valence-corrected chi connectivity index (χ2v) is 5.91. The van der Waals surface area contributed by atoms with Gasteiger partial charge in [0.25, 0.3) is 0 Å². The minimum atomic E-state index is -0.288. The number of halogens is 1. The first-order valence-corrected chi connectivity index (χ1v) is 7.97. The van der Waals surface area contributed by atoms with Crippen molar-refractivity contribution in [3.63, 3.8) is 0 Å². The number of ketones is 1. The van der Waals surface area contributed by atoms with Gasteiger partial charge in [-0.05, 0) is 36.8 Å². The van der Waals surface area contributed by atoms with Gasteiger partial charge in [-0.15, -0.1) is 11.8 Å². The van der Waals surface area contributed by atoms with Crippen molar-refractivity contribution in [1.29, 1.82) is 0 Å². The molecule has 0 fully saturated rings. The van der Waals surface area contributed by atoms with E-state index in [-0.39, 0.29) is 18.2 Å². The maximum absolute atomic E-state index is 12.2. The van der Waals surface area contributed by atoms with E-state index in [4.69, 9.17) is 11.6 Å². The van der Waals surface area contributed by atoms with Crippen LogP contribution in [-0.2, 0) is 9.53 Å². The minimum absolute atomic E-state index is 0.0232. The molecular weight excluding hydrogens is 296 g/mol. The topological polar surface area (TPSA) is 43.4 Å². The van der Waals surface area contributed by atoms with Gasteiger partial charge in [0, 0.05) is 28.3 Å². The molecule has 0 aromatic heterocycles. The summed E-state index contributed by atoms with van der Waals surface area (Å²) in [4.78, 5) is 24.2. The summed E-state index contributed by atoms with van der Waals surface area (Å²) in [5.74, 6) is 0.698. The number of esters is 1. The number of thioether (sulfide) groups is 1. The van der Waals surface area contributed by atoms with Crippen LogP contribution in [-0.4, -0.2) is 24.6 Å². The van der Waals surface area contributed by atoms with E-state index in [9.17, 15) is 9.59 Å². The number of hydrogen-bond acceptors (Lipinski definition) is 4. The lowest BCUT2D eigenvalue weighted by molar-refractivity contribution is -0.140. The van der Waals surface area contributed by atoms with Crippen LogP contribution in [0.4, 0.5) is 0 Å². The van der Waals surface area contributed by atoms with E-state index < -0.39 is 0 Å². The number of carbonyl (C=O) groups is 2. The predicted octanol–water partition coefficient (Wildman–Crippen LogP) is 4.37. The molecule has 1 aromatic rings. The van der Waals surface area contributed by atoms with Crippen LogP contribution in [0.25, 0.3) is 0 Å². The van der Waals surface area contributed by atoms with E-state index >= 15 is 0 Å². The van der Waals surface area contributed by atoms with Crippen LogP contribution >= 0.6 is 23.4 Å². The van der Waals surface area contributed by atoms with Crippen LogP contribution < -0.4 is 0 Å². The molecule has 110 valence electrons. The van der Waals surface area contributed by atoms with Crippen molar-refractivity contribution < 1.29 is 14.3 Å². The molecule has 5 heteroatoms. The Bertz CT molecular complexity index is 474. The van der Waals surface area contributed by atoms with Gasteiger partial charge < -0.3 is 4.74 Å². The minimum Gasteiger partial charge on any atom is -0.469 e. The Kier molecular flexibility index (Phi) is 7.70. The van der Waals surface area contributed by atoms with Crippen molar-refractivity contribution in [1.82, 2.24) is 0 Å². The van der Waals surface area contributed by atoms with Crippen molar-refractivity contribution in [3.8, 4) is 0 Å². The van der Waals surface area contributed by atoms with Gasteiger partial charge in [-0.2, -0.15) is 0 Å². The van der Waals surface area contributed by atoms with E-state index in [1.54, 1.807) is 23.9 Å². The fourth-order valence-electron chi connectivity index (χ4n) is 1.69. The Balaban J connectivity index is 2.69. The predicted molar refractivity (Wildman–Crippen MR) is 82.7 cm³/mol. The lowest BCUT2D eigenvalue weighted by Gasteiger charge is -2.08. The molecule has 0 N–H and O–H groups in total. The molecule has 0 atom stereocenters. The van der Waals surface area contributed by atoms with Crippen LogP contribution in [0.2, 0.25) is 5.02 Å². The molecule has 0 aliphatic carbocycles. The van der Waals surface area contributed by atoms with E-state index in [0.717, 1.165) is 17.1 Å². The molecule has 0 unspecified atom stereocenters. The molecule has 20 heavy (non-hydrogen) atoms. The fraction of sp³-hybridized carbons (Fsp3) is 0.467. The van der Waals surface area contributed by atoms with Gasteiger partial charge in [0.15, 0.2) is 5.78 Å². The highest BCUT2D eigenvalue weighted by Gasteiger charge is 2.13. The summed E-state index contributed by atoms with van der Waals surface area (Å²) in [6.45, 7) is 2.10. The molecular formula is C15H19ClO3S. The maximum atomic E-state index is 12.2. The molecule has 0 radical (unpaired) electrons. The second-order valence-electron chi connectivity index (χ2n) is 4.34. The summed E-state index contributed by atoms with van der Waals surface area (Å²) < 4.78 is 4.56. The monoisotopic (exact) mass is 314 g/mol. The molecule has 1 rings (SSSR count). The largest absolute Gasteiger partial charge is 0.469 e. The third kappa shape index (κ3) is 5.55. The molecule has 0 bridgehead atoms. The molecule has 0 aliphatic rings. The van der Waals surface area contributed by atoms with Crippen LogP contribution in [0, 0.1) is 0 Å². The zero-order valence-electron chi connectivity index (χ0n) is 11.8. The number of benzene rings is 1. The molecule has 3 nitrogen and oxygen atoms in total. The van der Waals surface area contributed by atoms with Gasteiger partial charge in [-0.3, -0.25) is 9.59 Å². The number of Topliss-reactive ketones (excluding diaryl/α,β-unsaturated/α-hetero) is 1. The molecule has 1 aromatic carbocycles. The molecule has 0 saturated carbocycles. The SMILES string of the molecule is CCCSc1ccc(Cl)cc1C(=O)CCCC(=O)OC. The molecule has 0 saturated heterocycles. The first-order valence-electron chi connectivity index (χ1n) is 6.60. The van der Waals surface area contributed by atoms with E-state index in [1.807, 2.05) is 6.07 Å². The highest BCUT2D eigenvalue weighted by atomic mass is 35.5. The van der Waals surface area contributed by atoms with E-state index in [1.165, 1.54) is 7.11 Å². The third-order valence-corrected chi connectivity index (χ3v) is 4.23. The fourth-order valence-corrected chi connectivity index (χ4v) is 2.78. The van der Waals surface area contributed by atoms with Gasteiger partial charge in [-0.25, -0.2) is 0 Å². The number of carbonyl (C=O) groups excluding carboxylic acids is 2. The normalized spacial score (nSPS) is 10.3. The van der Waals surface area contributed by atoms with Crippen molar-refractivity contribution in [2.75, 3.05) is 12.9 Å². The summed E-state index contributed by atoms with van der Waals surface area (Å²) in [6, 6.07) is 5.39. The zero-order chi connectivity index (χ0) is 15.0. The quantitative estimate of drug-likeness (QED) is 0.406. The zero-order valence-corrected chi connectivity index (χ0v) is 13.4. The lowest BCUT2D eigenvalue weighted by atomic mass is 10.1. The summed E-state index contributed by atoms with van der Waals surface area (Å²) in [6.07, 6.45) is 2.13. The number of methoxy groups -OCH3 is 1. The van der Waals surface area contributed by atoms with E-state index in [0.29, 0.717) is 23.4 Å². The molecule has 0 spiro atoms. The lowest BCUT2D eigenvalue weighted by Crippen LogP contribution is -2.05. The average Bonchev–Trinajstić information content (AvgIpc) is 2.45. The Hall–Kier alpha value is -1.00. The van der Waals surface area contributed by atoms with Gasteiger partial charge in [0.1, 0.15) is 0 Å². The highest BCUT2D eigenvalue weighted by molar-refractivity contribution is 7.99. The Morgan fingerprint density at radius 3 is 2.70 bits per heavy atom. The van der Waals surface area contributed by atoms with Gasteiger partial charge in [0.05, 0.1) is 7.11 Å². The van der Waals surface area contributed by atoms with E-state index in [2.05, 4.69) is 11.7 Å². The third-order valence-electron chi connectivity index (χ3n) is 2.72. The molecule has 0 heterocycles. The number of rotatable bonds is 8. The van der Waals surface area contributed by atoms with Crippen LogP contribution in [0.15, 0.2) is 23.1 Å². The van der Waals surface area contributed by atoms with Crippen molar-refractivity contribution in [3.05, 3.63) is 28.8 Å². The van der Waals surface area contributed by atoms with Crippen LogP contribution in [0.1, 0.15) is 43.0 Å². The Labute approximate surface area is 129 Å². The van der Waals surface area contributed by atoms with Crippen molar-refractivity contribution in [2.45, 2.75) is 37.5 Å². The summed E-state index contributed by atoms with van der Waals surface area (Å²) in [5, 5.41) is 0.558. The van der Waals surface area contributed by atoms with Crippen molar-refractivity contribution in [2.24, 2.45) is 0 Å². The average molecular weight is 315 g/mol. The summed E-state index contributed by atoms with van der Waals surface area (Å²) in [7, 11) is 1.35. The van der Waals surface area contributed by atoms with Gasteiger partial charge in [-0.1, -0.05) is 18.5 Å². The first kappa shape index (κ1) is 17.1. The van der Waals surface area contributed by atoms with Gasteiger partial charge in [0.2, 0.25) is 0 Å². The molecule has 0 aliphatic heterocycles. The summed E-state index contributed by atoms with van der Waals surface area (Å²) >= 11 is 7.62. The first-order chi connectivity index (χ1) is 9.58. The van der Waals surface area contributed by atoms with Crippen LogP contribution in [0.5, 0.6) is 0 Å². The number of hydrogen-bond donors (Lipinski definition) is 0. The van der Waals surface area contributed by atoms with Crippen molar-refractivity contribution >= 4 is 35.1 Å². The van der Waals surface area contributed by atoms with Crippen LogP contribution in [0.3, 0.4) is 0 Å². The standard InChI is InChI=1S/C15H19ClO3S/c1-3-9-20-14-8-7-11(16)10-12(14)13(17)5-4-6-15(18)19-2/h7-8,10H,3-6,9H2,1-2H3. The number of ether oxygens (including phenoxy) is 1. The Morgan fingerprint density at radius 1 is 1.30 bits per heavy atom. The highest BCUT2D eigenvalue weighted by Crippen LogP contribution is 2.27. The Morgan fingerprint density at radius 2 is 2.05 bits per heavy atom. The summed E-state index contributed by atoms with van der Waals surface area (Å²) in [5.41, 5.74) is 0.654. The maximum Gasteiger partial charge on any atom is 0.305 e. The smallest absolute Gasteiger partial charge is 0.305 e.